The van der Waals surface area contributed by atoms with Gasteiger partial charge < -0.3 is 10.6 Å². The molecule has 0 aliphatic rings. The molecule has 0 amide bonds. The second-order valence-electron chi connectivity index (χ2n) is 6.74. The fourth-order valence-corrected chi connectivity index (χ4v) is 3.00. The van der Waals surface area contributed by atoms with E-state index in [4.69, 9.17) is 0 Å². The molecule has 24 heavy (non-hydrogen) atoms. The van der Waals surface area contributed by atoms with Gasteiger partial charge in [-0.1, -0.05) is 6.92 Å². The Morgan fingerprint density at radius 2 is 1.96 bits per heavy atom. The number of guanidine groups is 1. The van der Waals surface area contributed by atoms with Crippen molar-refractivity contribution in [2.75, 3.05) is 26.7 Å². The lowest BCUT2D eigenvalue weighted by atomic mass is 10.1. The van der Waals surface area contributed by atoms with E-state index < -0.39 is 0 Å². The average Bonchev–Trinajstić information content (AvgIpc) is 2.76. The van der Waals surface area contributed by atoms with Gasteiger partial charge in [-0.05, 0) is 53.1 Å². The number of aliphatic imine (C=N–C) groups is 1. The van der Waals surface area contributed by atoms with Crippen molar-refractivity contribution in [3.8, 4) is 0 Å². The van der Waals surface area contributed by atoms with Crippen LogP contribution in [0, 0.1) is 13.8 Å². The summed E-state index contributed by atoms with van der Waals surface area (Å²) in [4.78, 5) is 6.78. The lowest BCUT2D eigenvalue weighted by Gasteiger charge is -2.25. The van der Waals surface area contributed by atoms with Crippen LogP contribution < -0.4 is 10.6 Å². The zero-order valence-corrected chi connectivity index (χ0v) is 16.8. The molecule has 0 aliphatic carbocycles. The third-order valence-corrected chi connectivity index (χ3v) is 4.60. The van der Waals surface area contributed by atoms with E-state index in [-0.39, 0.29) is 0 Å². The van der Waals surface area contributed by atoms with Crippen molar-refractivity contribution in [2.45, 2.75) is 60.0 Å². The standard InChI is InChI=1S/C18H36N6/c1-9-24(13(2)3)11-10-20-18(19-7)21-14(4)12-17-15(5)22-23(8)16(17)6/h13-14H,9-12H2,1-8H3,(H2,19,20,21). The van der Waals surface area contributed by atoms with Gasteiger partial charge in [0.25, 0.3) is 0 Å². The summed E-state index contributed by atoms with van der Waals surface area (Å²) in [6.07, 6.45) is 0.944. The first-order valence-corrected chi connectivity index (χ1v) is 9.00. The van der Waals surface area contributed by atoms with E-state index in [1.807, 2.05) is 18.8 Å². The molecule has 6 heteroatoms. The van der Waals surface area contributed by atoms with Gasteiger partial charge in [-0.2, -0.15) is 5.10 Å². The van der Waals surface area contributed by atoms with Crippen LogP contribution in [0.3, 0.4) is 0 Å². The van der Waals surface area contributed by atoms with Crippen molar-refractivity contribution in [2.24, 2.45) is 12.0 Å². The summed E-state index contributed by atoms with van der Waals surface area (Å²) in [5.41, 5.74) is 3.67. The fourth-order valence-electron chi connectivity index (χ4n) is 3.00. The molecule has 138 valence electrons. The lowest BCUT2D eigenvalue weighted by molar-refractivity contribution is 0.237. The Morgan fingerprint density at radius 3 is 2.42 bits per heavy atom. The minimum absolute atomic E-state index is 0.296. The summed E-state index contributed by atoms with van der Waals surface area (Å²) in [7, 11) is 3.82. The predicted molar refractivity (Wildman–Crippen MR) is 103 cm³/mol. The average molecular weight is 337 g/mol. The van der Waals surface area contributed by atoms with E-state index in [2.05, 4.69) is 67.2 Å². The number of aromatic nitrogens is 2. The second-order valence-corrected chi connectivity index (χ2v) is 6.74. The minimum Gasteiger partial charge on any atom is -0.355 e. The van der Waals surface area contributed by atoms with Crippen LogP contribution >= 0.6 is 0 Å². The van der Waals surface area contributed by atoms with Gasteiger partial charge in [0.05, 0.1) is 5.69 Å². The van der Waals surface area contributed by atoms with Crippen LogP contribution in [0.4, 0.5) is 0 Å². The van der Waals surface area contributed by atoms with Crippen molar-refractivity contribution < 1.29 is 0 Å². The molecule has 0 radical (unpaired) electrons. The van der Waals surface area contributed by atoms with E-state index >= 15 is 0 Å². The second kappa shape index (κ2) is 9.67. The number of rotatable bonds is 8. The van der Waals surface area contributed by atoms with Gasteiger partial charge in [0.1, 0.15) is 0 Å². The largest absolute Gasteiger partial charge is 0.355 e. The zero-order valence-electron chi connectivity index (χ0n) is 16.8. The Kier molecular flexibility index (Phi) is 8.25. The van der Waals surface area contributed by atoms with Gasteiger partial charge in [0.2, 0.25) is 0 Å². The molecule has 0 aliphatic heterocycles. The van der Waals surface area contributed by atoms with Crippen LogP contribution in [0.1, 0.15) is 44.6 Å². The molecule has 0 spiro atoms. The molecule has 0 saturated heterocycles. The smallest absolute Gasteiger partial charge is 0.191 e. The van der Waals surface area contributed by atoms with Crippen molar-refractivity contribution >= 4 is 5.96 Å². The third-order valence-electron chi connectivity index (χ3n) is 4.60. The maximum absolute atomic E-state index is 4.50. The number of hydrogen-bond acceptors (Lipinski definition) is 3. The van der Waals surface area contributed by atoms with E-state index in [1.54, 1.807) is 0 Å². The highest BCUT2D eigenvalue weighted by Crippen LogP contribution is 2.14. The van der Waals surface area contributed by atoms with Gasteiger partial charge in [0, 0.05) is 45.0 Å². The molecular weight excluding hydrogens is 300 g/mol. The van der Waals surface area contributed by atoms with Gasteiger partial charge in [-0.15, -0.1) is 0 Å². The van der Waals surface area contributed by atoms with Gasteiger partial charge in [-0.25, -0.2) is 0 Å². The number of likely N-dealkylation sites (N-methyl/N-ethyl adjacent to an activating group) is 1. The molecule has 0 fully saturated rings. The Balaban J connectivity index is 2.50. The van der Waals surface area contributed by atoms with Crippen LogP contribution in [0.25, 0.3) is 0 Å². The summed E-state index contributed by atoms with van der Waals surface area (Å²) in [6, 6.07) is 0.868. The van der Waals surface area contributed by atoms with E-state index in [9.17, 15) is 0 Å². The molecule has 0 aromatic carbocycles. The molecule has 1 aromatic rings. The first-order chi connectivity index (χ1) is 11.3. The van der Waals surface area contributed by atoms with Crippen LogP contribution in [0.5, 0.6) is 0 Å². The van der Waals surface area contributed by atoms with E-state index in [1.165, 1.54) is 11.3 Å². The summed E-state index contributed by atoms with van der Waals surface area (Å²) in [5, 5.41) is 11.4. The molecule has 1 unspecified atom stereocenters. The highest BCUT2D eigenvalue weighted by Gasteiger charge is 2.14. The monoisotopic (exact) mass is 336 g/mol. The highest BCUT2D eigenvalue weighted by molar-refractivity contribution is 5.79. The van der Waals surface area contributed by atoms with Crippen molar-refractivity contribution in [3.05, 3.63) is 17.0 Å². The van der Waals surface area contributed by atoms with Crippen LogP contribution in [-0.4, -0.2) is 59.4 Å². The summed E-state index contributed by atoms with van der Waals surface area (Å²) in [6.45, 7) is 16.0. The first-order valence-electron chi connectivity index (χ1n) is 9.00. The van der Waals surface area contributed by atoms with Crippen LogP contribution in [0.2, 0.25) is 0 Å². The molecule has 1 atom stereocenters. The summed E-state index contributed by atoms with van der Waals surface area (Å²) < 4.78 is 1.95. The number of nitrogens with one attached hydrogen (secondary N) is 2. The lowest BCUT2D eigenvalue weighted by Crippen LogP contribution is -2.46. The maximum atomic E-state index is 4.50. The van der Waals surface area contributed by atoms with Crippen molar-refractivity contribution in [3.63, 3.8) is 0 Å². The number of nitrogens with zero attached hydrogens (tertiary/aromatic N) is 4. The van der Waals surface area contributed by atoms with Crippen LogP contribution in [0.15, 0.2) is 4.99 Å². The van der Waals surface area contributed by atoms with Gasteiger partial charge >= 0.3 is 0 Å². The predicted octanol–water partition coefficient (Wildman–Crippen LogP) is 1.86. The Morgan fingerprint density at radius 1 is 1.29 bits per heavy atom. The molecule has 2 N–H and O–H groups in total. The molecular formula is C18H36N6. The number of hydrogen-bond donors (Lipinski definition) is 2. The normalized spacial score (nSPS) is 13.7. The Labute approximate surface area is 147 Å². The van der Waals surface area contributed by atoms with E-state index in [0.29, 0.717) is 12.1 Å². The quantitative estimate of drug-likeness (QED) is 0.562. The van der Waals surface area contributed by atoms with Crippen LogP contribution in [-0.2, 0) is 13.5 Å². The Hall–Kier alpha value is -1.56. The van der Waals surface area contributed by atoms with Crippen molar-refractivity contribution in [1.29, 1.82) is 0 Å². The van der Waals surface area contributed by atoms with Gasteiger partial charge in [0.15, 0.2) is 5.96 Å². The fraction of sp³-hybridized carbons (Fsp3) is 0.778. The van der Waals surface area contributed by atoms with Gasteiger partial charge in [-0.3, -0.25) is 14.6 Å². The number of aryl methyl sites for hydroxylation is 2. The Bertz CT molecular complexity index is 532. The molecule has 1 heterocycles. The molecule has 6 nitrogen and oxygen atoms in total. The third kappa shape index (κ3) is 5.82. The molecule has 0 saturated carbocycles. The molecule has 1 rings (SSSR count). The topological polar surface area (TPSA) is 57.5 Å². The van der Waals surface area contributed by atoms with Crippen molar-refractivity contribution in [1.82, 2.24) is 25.3 Å². The highest BCUT2D eigenvalue weighted by atomic mass is 15.3. The first kappa shape index (κ1) is 20.5. The molecule has 0 bridgehead atoms. The van der Waals surface area contributed by atoms with E-state index in [0.717, 1.165) is 37.7 Å². The maximum Gasteiger partial charge on any atom is 0.191 e. The summed E-state index contributed by atoms with van der Waals surface area (Å²) >= 11 is 0. The SMILES string of the molecule is CCN(CCNC(=NC)NC(C)Cc1c(C)nn(C)c1C)C(C)C. The summed E-state index contributed by atoms with van der Waals surface area (Å²) in [5.74, 6) is 0.863. The molecule has 1 aromatic heterocycles. The zero-order chi connectivity index (χ0) is 18.3. The minimum atomic E-state index is 0.296.